The molecule has 1 aliphatic rings. The van der Waals surface area contributed by atoms with Crippen LogP contribution in [0.15, 0.2) is 24.4 Å². The van der Waals surface area contributed by atoms with Gasteiger partial charge in [0.15, 0.2) is 0 Å². The first-order chi connectivity index (χ1) is 7.75. The first-order valence-corrected chi connectivity index (χ1v) is 5.24. The van der Waals surface area contributed by atoms with Crippen LogP contribution in [0.3, 0.4) is 0 Å². The number of hydrogen-bond acceptors (Lipinski definition) is 3. The van der Waals surface area contributed by atoms with E-state index in [0.29, 0.717) is 0 Å². The third kappa shape index (κ3) is 3.05. The van der Waals surface area contributed by atoms with Gasteiger partial charge in [0.25, 0.3) is 0 Å². The molecule has 1 saturated carbocycles. The van der Waals surface area contributed by atoms with Crippen molar-refractivity contribution in [3.05, 3.63) is 30.1 Å². The fraction of sp³-hybridized carbons (Fsp3) is 0.364. The summed E-state index contributed by atoms with van der Waals surface area (Å²) in [5.74, 6) is -1.16. The fourth-order valence-electron chi connectivity index (χ4n) is 1.23. The predicted octanol–water partition coefficient (Wildman–Crippen LogP) is -0.0236. The lowest BCUT2D eigenvalue weighted by atomic mass is 10.3. The van der Waals surface area contributed by atoms with Gasteiger partial charge in [-0.25, -0.2) is 0 Å². The maximum atomic E-state index is 11.3. The topological polar surface area (TPSA) is 71.1 Å². The van der Waals surface area contributed by atoms with Gasteiger partial charge >= 0.3 is 11.8 Å². The number of pyridine rings is 1. The van der Waals surface area contributed by atoms with Crippen LogP contribution in [-0.2, 0) is 16.1 Å². The van der Waals surface area contributed by atoms with Gasteiger partial charge in [0.1, 0.15) is 0 Å². The summed E-state index contributed by atoms with van der Waals surface area (Å²) in [6, 6.07) is 5.62. The monoisotopic (exact) mass is 219 g/mol. The number of amides is 2. The largest absolute Gasteiger partial charge is 0.345 e. The molecule has 1 heterocycles. The number of rotatable bonds is 3. The Kier molecular flexibility index (Phi) is 3.14. The van der Waals surface area contributed by atoms with Crippen LogP contribution in [0.25, 0.3) is 0 Å². The standard InChI is InChI=1S/C11H13N3O2/c15-10(11(16)14-8-4-5-8)13-7-9-3-1-2-6-12-9/h1-3,6,8H,4-5,7H2,(H,13,15)(H,14,16). The molecule has 0 saturated heterocycles. The highest BCUT2D eigenvalue weighted by atomic mass is 16.2. The lowest BCUT2D eigenvalue weighted by Gasteiger charge is -2.04. The number of carbonyl (C=O) groups excluding carboxylic acids is 2. The Balaban J connectivity index is 1.76. The molecule has 0 bridgehead atoms. The lowest BCUT2D eigenvalue weighted by molar-refractivity contribution is -0.139. The van der Waals surface area contributed by atoms with Gasteiger partial charge in [-0.05, 0) is 25.0 Å². The summed E-state index contributed by atoms with van der Waals surface area (Å²) in [4.78, 5) is 26.6. The smallest absolute Gasteiger partial charge is 0.309 e. The van der Waals surface area contributed by atoms with Crippen molar-refractivity contribution in [1.82, 2.24) is 15.6 Å². The van der Waals surface area contributed by atoms with Crippen molar-refractivity contribution in [2.75, 3.05) is 0 Å². The Morgan fingerprint density at radius 3 is 2.75 bits per heavy atom. The first-order valence-electron chi connectivity index (χ1n) is 5.24. The summed E-state index contributed by atoms with van der Waals surface area (Å²) in [6.07, 6.45) is 3.59. The van der Waals surface area contributed by atoms with Crippen LogP contribution in [-0.4, -0.2) is 22.8 Å². The molecule has 5 nitrogen and oxygen atoms in total. The molecule has 1 fully saturated rings. The number of carbonyl (C=O) groups is 2. The molecule has 0 radical (unpaired) electrons. The number of nitrogens with one attached hydrogen (secondary N) is 2. The normalized spacial score (nSPS) is 14.2. The van der Waals surface area contributed by atoms with Crippen molar-refractivity contribution in [1.29, 1.82) is 0 Å². The zero-order chi connectivity index (χ0) is 11.4. The molecule has 0 spiro atoms. The molecule has 0 aliphatic heterocycles. The summed E-state index contributed by atoms with van der Waals surface area (Å²) < 4.78 is 0. The van der Waals surface area contributed by atoms with E-state index in [-0.39, 0.29) is 12.6 Å². The lowest BCUT2D eigenvalue weighted by Crippen LogP contribution is -2.40. The minimum absolute atomic E-state index is 0.202. The van der Waals surface area contributed by atoms with E-state index in [1.165, 1.54) is 0 Å². The Bertz CT molecular complexity index is 387. The molecule has 5 heteroatoms. The van der Waals surface area contributed by atoms with Crippen LogP contribution >= 0.6 is 0 Å². The Morgan fingerprint density at radius 2 is 2.12 bits per heavy atom. The second-order valence-electron chi connectivity index (χ2n) is 3.75. The number of hydrogen-bond donors (Lipinski definition) is 2. The van der Waals surface area contributed by atoms with E-state index in [9.17, 15) is 9.59 Å². The van der Waals surface area contributed by atoms with Gasteiger partial charge in [-0.3, -0.25) is 14.6 Å². The van der Waals surface area contributed by atoms with E-state index in [2.05, 4.69) is 15.6 Å². The zero-order valence-electron chi connectivity index (χ0n) is 8.77. The van der Waals surface area contributed by atoms with Crippen molar-refractivity contribution in [3.63, 3.8) is 0 Å². The van der Waals surface area contributed by atoms with Crippen LogP contribution < -0.4 is 10.6 Å². The molecule has 1 aromatic heterocycles. The quantitative estimate of drug-likeness (QED) is 0.702. The first kappa shape index (κ1) is 10.6. The molecular weight excluding hydrogens is 206 g/mol. The van der Waals surface area contributed by atoms with Crippen LogP contribution in [0.5, 0.6) is 0 Å². The van der Waals surface area contributed by atoms with E-state index in [0.717, 1.165) is 18.5 Å². The average Bonchev–Trinajstić information content (AvgIpc) is 3.11. The van der Waals surface area contributed by atoms with E-state index in [1.54, 1.807) is 18.3 Å². The molecule has 0 aromatic carbocycles. The van der Waals surface area contributed by atoms with Crippen molar-refractivity contribution in [2.24, 2.45) is 0 Å². The van der Waals surface area contributed by atoms with Crippen molar-refractivity contribution in [3.8, 4) is 0 Å². The molecule has 0 unspecified atom stereocenters. The van der Waals surface area contributed by atoms with Gasteiger partial charge in [-0.2, -0.15) is 0 Å². The van der Waals surface area contributed by atoms with Gasteiger partial charge in [0, 0.05) is 12.2 Å². The zero-order valence-corrected chi connectivity index (χ0v) is 8.77. The highest BCUT2D eigenvalue weighted by Gasteiger charge is 2.26. The Hall–Kier alpha value is -1.91. The Morgan fingerprint density at radius 1 is 1.31 bits per heavy atom. The van der Waals surface area contributed by atoms with Gasteiger partial charge in [0.2, 0.25) is 0 Å². The third-order valence-corrected chi connectivity index (χ3v) is 2.28. The SMILES string of the molecule is O=C(NCc1ccccn1)C(=O)NC1CC1. The van der Waals surface area contributed by atoms with Crippen molar-refractivity contribution in [2.45, 2.75) is 25.4 Å². The summed E-state index contributed by atoms with van der Waals surface area (Å²) >= 11 is 0. The summed E-state index contributed by atoms with van der Waals surface area (Å²) in [5.41, 5.74) is 0.732. The van der Waals surface area contributed by atoms with Crippen LogP contribution in [0.1, 0.15) is 18.5 Å². The molecule has 16 heavy (non-hydrogen) atoms. The van der Waals surface area contributed by atoms with Crippen molar-refractivity contribution >= 4 is 11.8 Å². The summed E-state index contributed by atoms with van der Waals surface area (Å²) in [7, 11) is 0. The summed E-state index contributed by atoms with van der Waals surface area (Å²) in [6.45, 7) is 0.276. The minimum atomic E-state index is -0.599. The van der Waals surface area contributed by atoms with Gasteiger partial charge in [-0.15, -0.1) is 0 Å². The summed E-state index contributed by atoms with van der Waals surface area (Å²) in [5, 5.41) is 5.14. The Labute approximate surface area is 93.3 Å². The molecule has 1 aromatic rings. The van der Waals surface area contributed by atoms with Gasteiger partial charge in [-0.1, -0.05) is 6.07 Å². The second kappa shape index (κ2) is 4.74. The van der Waals surface area contributed by atoms with E-state index < -0.39 is 11.8 Å². The van der Waals surface area contributed by atoms with Crippen LogP contribution in [0, 0.1) is 0 Å². The van der Waals surface area contributed by atoms with E-state index in [4.69, 9.17) is 0 Å². The average molecular weight is 219 g/mol. The maximum absolute atomic E-state index is 11.3. The fourth-order valence-corrected chi connectivity index (χ4v) is 1.23. The molecule has 2 N–H and O–H groups in total. The maximum Gasteiger partial charge on any atom is 0.309 e. The van der Waals surface area contributed by atoms with Gasteiger partial charge in [0.05, 0.1) is 12.2 Å². The second-order valence-corrected chi connectivity index (χ2v) is 3.75. The van der Waals surface area contributed by atoms with E-state index >= 15 is 0 Å². The number of nitrogens with zero attached hydrogens (tertiary/aromatic N) is 1. The van der Waals surface area contributed by atoms with E-state index in [1.807, 2.05) is 6.07 Å². The predicted molar refractivity (Wildman–Crippen MR) is 57.2 cm³/mol. The van der Waals surface area contributed by atoms with Gasteiger partial charge < -0.3 is 10.6 Å². The molecule has 84 valence electrons. The molecule has 2 rings (SSSR count). The molecule has 0 atom stereocenters. The third-order valence-electron chi connectivity index (χ3n) is 2.28. The minimum Gasteiger partial charge on any atom is -0.345 e. The number of aromatic nitrogens is 1. The van der Waals surface area contributed by atoms with Crippen LogP contribution in [0.4, 0.5) is 0 Å². The highest BCUT2D eigenvalue weighted by molar-refractivity contribution is 6.35. The molecular formula is C11H13N3O2. The molecule has 1 aliphatic carbocycles. The highest BCUT2D eigenvalue weighted by Crippen LogP contribution is 2.18. The van der Waals surface area contributed by atoms with Crippen molar-refractivity contribution < 1.29 is 9.59 Å². The molecule has 2 amide bonds. The van der Waals surface area contributed by atoms with Crippen LogP contribution in [0.2, 0.25) is 0 Å².